The Morgan fingerprint density at radius 1 is 0.962 bits per heavy atom. The first kappa shape index (κ1) is 19.0. The molecule has 1 aliphatic rings. The number of aryl methyl sites for hydroxylation is 2. The minimum atomic E-state index is -3.72. The van der Waals surface area contributed by atoms with E-state index in [0.29, 0.717) is 11.4 Å². The Hall–Kier alpha value is -1.82. The number of rotatable bonds is 4. The average molecular weight is 399 g/mol. The van der Waals surface area contributed by atoms with Crippen molar-refractivity contribution in [2.24, 2.45) is 7.05 Å². The number of hydrogen-bond acceptors (Lipinski definition) is 6. The molecule has 0 spiro atoms. The topological polar surface area (TPSA) is 105 Å². The van der Waals surface area contributed by atoms with Gasteiger partial charge in [-0.1, -0.05) is 0 Å². The van der Waals surface area contributed by atoms with Crippen molar-refractivity contribution in [2.45, 2.75) is 23.6 Å². The van der Waals surface area contributed by atoms with Crippen LogP contribution in [0, 0.1) is 13.8 Å². The summed E-state index contributed by atoms with van der Waals surface area (Å²) in [7, 11) is -5.70. The number of hydrogen-bond donors (Lipinski definition) is 0. The molecule has 0 unspecified atom stereocenters. The fourth-order valence-electron chi connectivity index (χ4n) is 3.06. The summed E-state index contributed by atoms with van der Waals surface area (Å²) < 4.78 is 55.3. The molecule has 3 heterocycles. The summed E-state index contributed by atoms with van der Waals surface area (Å²) in [5.74, 6) is 0. The second-order valence-corrected chi connectivity index (χ2v) is 9.93. The van der Waals surface area contributed by atoms with E-state index < -0.39 is 20.0 Å². The molecule has 0 saturated carbocycles. The lowest BCUT2D eigenvalue weighted by molar-refractivity contribution is 0.272. The lowest BCUT2D eigenvalue weighted by Crippen LogP contribution is -2.50. The van der Waals surface area contributed by atoms with Crippen molar-refractivity contribution in [1.29, 1.82) is 0 Å². The second kappa shape index (κ2) is 6.72. The summed E-state index contributed by atoms with van der Waals surface area (Å²) >= 11 is 0. The van der Waals surface area contributed by atoms with Crippen LogP contribution >= 0.6 is 0 Å². The maximum absolute atomic E-state index is 13.0. The molecule has 0 radical (unpaired) electrons. The van der Waals surface area contributed by atoms with E-state index in [4.69, 9.17) is 0 Å². The van der Waals surface area contributed by atoms with Gasteiger partial charge < -0.3 is 0 Å². The maximum atomic E-state index is 13.0. The van der Waals surface area contributed by atoms with Crippen LogP contribution in [0.4, 0.5) is 0 Å². The highest BCUT2D eigenvalue weighted by atomic mass is 32.2. The Morgan fingerprint density at radius 3 is 2.00 bits per heavy atom. The number of pyridine rings is 1. The fraction of sp³-hybridized carbons (Fsp3) is 0.467. The van der Waals surface area contributed by atoms with Crippen molar-refractivity contribution in [1.82, 2.24) is 23.4 Å². The molecule has 3 rings (SSSR count). The van der Waals surface area contributed by atoms with Gasteiger partial charge in [-0.25, -0.2) is 16.8 Å². The van der Waals surface area contributed by atoms with Crippen molar-refractivity contribution in [2.75, 3.05) is 26.2 Å². The van der Waals surface area contributed by atoms with E-state index in [1.165, 1.54) is 31.8 Å². The molecule has 1 saturated heterocycles. The van der Waals surface area contributed by atoms with Crippen molar-refractivity contribution in [3.63, 3.8) is 0 Å². The highest BCUT2D eigenvalue weighted by Gasteiger charge is 2.36. The van der Waals surface area contributed by atoms with Gasteiger partial charge in [-0.2, -0.15) is 13.7 Å². The zero-order valence-electron chi connectivity index (χ0n) is 14.8. The van der Waals surface area contributed by atoms with Crippen molar-refractivity contribution >= 4 is 20.0 Å². The molecule has 11 heteroatoms. The Balaban J connectivity index is 1.80. The van der Waals surface area contributed by atoms with Gasteiger partial charge in [-0.15, -0.1) is 0 Å². The third-order valence-electron chi connectivity index (χ3n) is 4.51. The van der Waals surface area contributed by atoms with E-state index in [0.717, 1.165) is 0 Å². The predicted molar refractivity (Wildman–Crippen MR) is 94.4 cm³/mol. The van der Waals surface area contributed by atoms with E-state index in [2.05, 4.69) is 10.1 Å². The summed E-state index contributed by atoms with van der Waals surface area (Å²) in [6.45, 7) is 3.73. The monoisotopic (exact) mass is 399 g/mol. The molecular formula is C15H21N5O4S2. The molecule has 1 fully saturated rings. The molecule has 0 bridgehead atoms. The molecule has 142 valence electrons. The van der Waals surface area contributed by atoms with Crippen LogP contribution < -0.4 is 0 Å². The summed E-state index contributed by atoms with van der Waals surface area (Å²) in [5.41, 5.74) is 1.00. The molecule has 0 aliphatic carbocycles. The van der Waals surface area contributed by atoms with Crippen LogP contribution in [0.2, 0.25) is 0 Å². The fourth-order valence-corrected chi connectivity index (χ4v) is 6.26. The molecule has 2 aromatic rings. The van der Waals surface area contributed by atoms with Crippen molar-refractivity contribution in [3.8, 4) is 0 Å². The van der Waals surface area contributed by atoms with E-state index in [9.17, 15) is 16.8 Å². The van der Waals surface area contributed by atoms with Crippen LogP contribution in [0.1, 0.15) is 11.4 Å². The van der Waals surface area contributed by atoms with Gasteiger partial charge in [0, 0.05) is 45.6 Å². The van der Waals surface area contributed by atoms with Gasteiger partial charge in [0.2, 0.25) is 20.0 Å². The molecule has 2 aromatic heterocycles. The quantitative estimate of drug-likeness (QED) is 0.723. The van der Waals surface area contributed by atoms with Gasteiger partial charge in [0.15, 0.2) is 0 Å². The highest BCUT2D eigenvalue weighted by Crippen LogP contribution is 2.25. The van der Waals surface area contributed by atoms with Crippen LogP contribution in [0.15, 0.2) is 34.3 Å². The molecule has 0 aromatic carbocycles. The van der Waals surface area contributed by atoms with Gasteiger partial charge in [-0.3, -0.25) is 9.67 Å². The molecule has 0 N–H and O–H groups in total. The Morgan fingerprint density at radius 2 is 1.54 bits per heavy atom. The Labute approximate surface area is 153 Å². The lowest BCUT2D eigenvalue weighted by Gasteiger charge is -2.33. The third kappa shape index (κ3) is 3.15. The first-order valence-electron chi connectivity index (χ1n) is 8.06. The zero-order valence-corrected chi connectivity index (χ0v) is 16.5. The number of sulfonamides is 2. The van der Waals surface area contributed by atoms with Crippen LogP contribution in [0.3, 0.4) is 0 Å². The van der Waals surface area contributed by atoms with Gasteiger partial charge in [0.05, 0.1) is 11.4 Å². The van der Waals surface area contributed by atoms with Gasteiger partial charge in [0.1, 0.15) is 9.79 Å². The number of aromatic nitrogens is 3. The standard InChI is InChI=1S/C15H21N5O4S2/c1-12-15(13(2)18(3)17-12)26(23,24)20-9-7-19(8-10-20)25(21,22)14-5-4-6-16-11-14/h4-6,11H,7-10H2,1-3H3. The van der Waals surface area contributed by atoms with Crippen LogP contribution in [-0.2, 0) is 27.1 Å². The van der Waals surface area contributed by atoms with Crippen LogP contribution in [0.25, 0.3) is 0 Å². The Kier molecular flexibility index (Phi) is 4.90. The van der Waals surface area contributed by atoms with E-state index in [1.807, 2.05) is 0 Å². The first-order valence-corrected chi connectivity index (χ1v) is 10.9. The van der Waals surface area contributed by atoms with Crippen molar-refractivity contribution < 1.29 is 16.8 Å². The molecule has 26 heavy (non-hydrogen) atoms. The second-order valence-electron chi connectivity index (χ2n) is 6.12. The van der Waals surface area contributed by atoms with Crippen molar-refractivity contribution in [3.05, 3.63) is 35.9 Å². The van der Waals surface area contributed by atoms with E-state index in [-0.39, 0.29) is 36.0 Å². The summed E-state index contributed by atoms with van der Waals surface area (Å²) in [6, 6.07) is 3.04. The minimum absolute atomic E-state index is 0.0921. The smallest absolute Gasteiger partial charge is 0.246 e. The molecular weight excluding hydrogens is 378 g/mol. The molecule has 0 atom stereocenters. The van der Waals surface area contributed by atoms with E-state index >= 15 is 0 Å². The third-order valence-corrected chi connectivity index (χ3v) is 8.54. The summed E-state index contributed by atoms with van der Waals surface area (Å²) in [4.78, 5) is 4.14. The Bertz CT molecular complexity index is 1010. The first-order chi connectivity index (χ1) is 12.2. The van der Waals surface area contributed by atoms with Gasteiger partial charge >= 0.3 is 0 Å². The molecule has 1 aliphatic heterocycles. The van der Waals surface area contributed by atoms with Crippen LogP contribution in [-0.4, -0.2) is 66.4 Å². The summed E-state index contributed by atoms with van der Waals surface area (Å²) in [5, 5.41) is 4.16. The minimum Gasteiger partial charge on any atom is -0.271 e. The predicted octanol–water partition coefficient (Wildman–Crippen LogP) is 0.127. The van der Waals surface area contributed by atoms with Gasteiger partial charge in [-0.05, 0) is 26.0 Å². The highest BCUT2D eigenvalue weighted by molar-refractivity contribution is 7.89. The lowest BCUT2D eigenvalue weighted by atomic mass is 10.4. The largest absolute Gasteiger partial charge is 0.271 e. The molecule has 9 nitrogen and oxygen atoms in total. The number of piperazine rings is 1. The SMILES string of the molecule is Cc1nn(C)c(C)c1S(=O)(=O)N1CCN(S(=O)(=O)c2cccnc2)CC1. The molecule has 0 amide bonds. The average Bonchev–Trinajstić information content (AvgIpc) is 2.88. The number of nitrogens with zero attached hydrogens (tertiary/aromatic N) is 5. The summed E-state index contributed by atoms with van der Waals surface area (Å²) in [6.07, 6.45) is 2.79. The van der Waals surface area contributed by atoms with Gasteiger partial charge in [0.25, 0.3) is 0 Å². The maximum Gasteiger partial charge on any atom is 0.246 e. The van der Waals surface area contributed by atoms with E-state index in [1.54, 1.807) is 27.0 Å². The zero-order chi connectivity index (χ0) is 19.1. The van der Waals surface area contributed by atoms with Crippen LogP contribution in [0.5, 0.6) is 0 Å². The normalized spacial score (nSPS) is 17.5.